The molecule has 2 heterocycles. The SMILES string of the molecule is COCCN1C[C@@H](NC(=O)Nc2c(Cl)c(OCc3ccccc3)nn2C)[C@H](c2ccc(F)c(F)c2)C1. The molecule has 1 fully saturated rings. The molecule has 3 aromatic rings. The Morgan fingerprint density at radius 3 is 2.67 bits per heavy atom. The number of carbonyl (C=O) groups excluding carboxylic acids is 1. The molecule has 2 amide bonds. The fourth-order valence-corrected chi connectivity index (χ4v) is 4.52. The van der Waals surface area contributed by atoms with E-state index in [1.165, 1.54) is 10.7 Å². The summed E-state index contributed by atoms with van der Waals surface area (Å²) in [6.45, 7) is 2.51. The Kier molecular flexibility index (Phi) is 8.40. The zero-order chi connectivity index (χ0) is 25.7. The molecule has 1 aliphatic heterocycles. The first-order valence-electron chi connectivity index (χ1n) is 11.5. The van der Waals surface area contributed by atoms with E-state index >= 15 is 0 Å². The van der Waals surface area contributed by atoms with Crippen LogP contribution < -0.4 is 15.4 Å². The first-order chi connectivity index (χ1) is 17.4. The Labute approximate surface area is 213 Å². The van der Waals surface area contributed by atoms with E-state index in [1.54, 1.807) is 20.2 Å². The number of amides is 2. The third-order valence-corrected chi connectivity index (χ3v) is 6.45. The quantitative estimate of drug-likeness (QED) is 0.443. The number of anilines is 1. The van der Waals surface area contributed by atoms with Crippen molar-refractivity contribution in [2.24, 2.45) is 7.05 Å². The second-order valence-electron chi connectivity index (χ2n) is 8.60. The number of urea groups is 1. The van der Waals surface area contributed by atoms with E-state index in [9.17, 15) is 13.6 Å². The number of aromatic nitrogens is 2. The number of ether oxygens (including phenoxy) is 2. The standard InChI is InChI=1S/C25H28ClF2N5O3/c1-32-23(22(26)24(31-32)36-15-16-6-4-3-5-7-16)30-25(34)29-21-14-33(10-11-35-2)13-18(21)17-8-9-19(27)20(28)12-17/h3-9,12,18,21H,10-11,13-15H2,1-2H3,(H2,29,30,34)/t18-,21+/m0/s1. The van der Waals surface area contributed by atoms with Crippen molar-refractivity contribution in [1.29, 1.82) is 0 Å². The molecule has 1 aliphatic rings. The summed E-state index contributed by atoms with van der Waals surface area (Å²) in [5, 5.41) is 10.1. The molecule has 36 heavy (non-hydrogen) atoms. The van der Waals surface area contributed by atoms with Crippen molar-refractivity contribution in [3.8, 4) is 5.88 Å². The molecule has 2 atom stereocenters. The minimum atomic E-state index is -0.921. The summed E-state index contributed by atoms with van der Waals surface area (Å²) in [5.74, 6) is -1.60. The van der Waals surface area contributed by atoms with Crippen LogP contribution in [0.4, 0.5) is 19.4 Å². The van der Waals surface area contributed by atoms with E-state index < -0.39 is 17.7 Å². The molecule has 1 aromatic heterocycles. The van der Waals surface area contributed by atoms with Crippen LogP contribution in [0.5, 0.6) is 5.88 Å². The molecule has 4 rings (SSSR count). The van der Waals surface area contributed by atoms with Crippen molar-refractivity contribution in [2.75, 3.05) is 38.7 Å². The highest BCUT2D eigenvalue weighted by Crippen LogP contribution is 2.32. The summed E-state index contributed by atoms with van der Waals surface area (Å²) in [6.07, 6.45) is 0. The summed E-state index contributed by atoms with van der Waals surface area (Å²) in [5.41, 5.74) is 1.56. The van der Waals surface area contributed by atoms with Crippen molar-refractivity contribution < 1.29 is 23.0 Å². The van der Waals surface area contributed by atoms with E-state index in [2.05, 4.69) is 20.6 Å². The number of benzene rings is 2. The lowest BCUT2D eigenvalue weighted by Gasteiger charge is -2.21. The Hall–Kier alpha value is -3.21. The molecular formula is C25H28ClF2N5O3. The summed E-state index contributed by atoms with van der Waals surface area (Å²) < 4.78 is 39.7. The molecule has 1 saturated heterocycles. The van der Waals surface area contributed by atoms with Crippen LogP contribution in [-0.4, -0.2) is 60.1 Å². The topological polar surface area (TPSA) is 80.7 Å². The highest BCUT2D eigenvalue weighted by atomic mass is 35.5. The van der Waals surface area contributed by atoms with Gasteiger partial charge in [0.15, 0.2) is 17.5 Å². The van der Waals surface area contributed by atoms with E-state index in [0.29, 0.717) is 31.8 Å². The van der Waals surface area contributed by atoms with E-state index in [1.807, 2.05) is 30.3 Å². The van der Waals surface area contributed by atoms with Crippen molar-refractivity contribution in [1.82, 2.24) is 20.0 Å². The molecule has 0 bridgehead atoms. The molecule has 2 aromatic carbocycles. The maximum absolute atomic E-state index is 13.9. The average Bonchev–Trinajstić information content (AvgIpc) is 3.39. The van der Waals surface area contributed by atoms with Crippen LogP contribution in [0.3, 0.4) is 0 Å². The Morgan fingerprint density at radius 2 is 1.94 bits per heavy atom. The number of methoxy groups -OCH3 is 1. The number of hydrogen-bond donors (Lipinski definition) is 2. The van der Waals surface area contributed by atoms with Crippen LogP contribution in [0, 0.1) is 11.6 Å². The van der Waals surface area contributed by atoms with Crippen LogP contribution >= 0.6 is 11.6 Å². The average molecular weight is 520 g/mol. The molecule has 0 radical (unpaired) electrons. The molecule has 0 unspecified atom stereocenters. The summed E-state index contributed by atoms with van der Waals surface area (Å²) >= 11 is 6.44. The summed E-state index contributed by atoms with van der Waals surface area (Å²) in [7, 11) is 3.25. The van der Waals surface area contributed by atoms with Crippen molar-refractivity contribution >= 4 is 23.4 Å². The minimum absolute atomic E-state index is 0.175. The molecule has 11 heteroatoms. The number of nitrogens with zero attached hydrogens (tertiary/aromatic N) is 3. The highest BCUT2D eigenvalue weighted by molar-refractivity contribution is 6.34. The van der Waals surface area contributed by atoms with Gasteiger partial charge < -0.3 is 14.8 Å². The number of likely N-dealkylation sites (tertiary alicyclic amines) is 1. The van der Waals surface area contributed by atoms with Crippen molar-refractivity contribution in [3.63, 3.8) is 0 Å². The number of nitrogens with one attached hydrogen (secondary N) is 2. The number of rotatable bonds is 9. The monoisotopic (exact) mass is 519 g/mol. The van der Waals surface area contributed by atoms with E-state index in [0.717, 1.165) is 11.6 Å². The van der Waals surface area contributed by atoms with Gasteiger partial charge >= 0.3 is 6.03 Å². The van der Waals surface area contributed by atoms with Gasteiger partial charge in [-0.25, -0.2) is 18.3 Å². The molecule has 0 aliphatic carbocycles. The fourth-order valence-electron chi connectivity index (χ4n) is 4.25. The molecule has 192 valence electrons. The first kappa shape index (κ1) is 25.9. The smallest absolute Gasteiger partial charge is 0.320 e. The highest BCUT2D eigenvalue weighted by Gasteiger charge is 2.35. The van der Waals surface area contributed by atoms with Gasteiger partial charge in [0, 0.05) is 39.7 Å². The molecule has 0 saturated carbocycles. The summed E-state index contributed by atoms with van der Waals surface area (Å²) in [4.78, 5) is 15.0. The van der Waals surface area contributed by atoms with Crippen LogP contribution in [0.2, 0.25) is 5.02 Å². The van der Waals surface area contributed by atoms with Gasteiger partial charge in [-0.05, 0) is 23.3 Å². The normalized spacial score (nSPS) is 17.8. The molecule has 2 N–H and O–H groups in total. The second-order valence-corrected chi connectivity index (χ2v) is 8.98. The summed E-state index contributed by atoms with van der Waals surface area (Å²) in [6, 6.07) is 12.5. The first-order valence-corrected chi connectivity index (χ1v) is 11.9. The van der Waals surface area contributed by atoms with Gasteiger partial charge in [-0.15, -0.1) is 5.10 Å². The maximum atomic E-state index is 13.9. The van der Waals surface area contributed by atoms with E-state index in [-0.39, 0.29) is 35.3 Å². The lowest BCUT2D eigenvalue weighted by Crippen LogP contribution is -2.42. The predicted molar refractivity (Wildman–Crippen MR) is 132 cm³/mol. The maximum Gasteiger partial charge on any atom is 0.320 e. The number of hydrogen-bond acceptors (Lipinski definition) is 5. The van der Waals surface area contributed by atoms with Gasteiger partial charge in [0.1, 0.15) is 11.6 Å². The zero-order valence-electron chi connectivity index (χ0n) is 20.0. The van der Waals surface area contributed by atoms with Crippen LogP contribution in [0.15, 0.2) is 48.5 Å². The molecule has 8 nitrogen and oxygen atoms in total. The Bertz CT molecular complexity index is 1190. The lowest BCUT2D eigenvalue weighted by atomic mass is 9.94. The Morgan fingerprint density at radius 1 is 1.17 bits per heavy atom. The van der Waals surface area contributed by atoms with Gasteiger partial charge in [0.2, 0.25) is 0 Å². The number of halogens is 3. The second kappa shape index (κ2) is 11.7. The number of aryl methyl sites for hydroxylation is 1. The Balaban J connectivity index is 1.44. The molecular weight excluding hydrogens is 492 g/mol. The largest absolute Gasteiger partial charge is 0.471 e. The molecule has 0 spiro atoms. The lowest BCUT2D eigenvalue weighted by molar-refractivity contribution is 0.159. The van der Waals surface area contributed by atoms with Crippen LogP contribution in [0.25, 0.3) is 0 Å². The van der Waals surface area contributed by atoms with Crippen molar-refractivity contribution in [2.45, 2.75) is 18.6 Å². The van der Waals surface area contributed by atoms with Gasteiger partial charge in [-0.2, -0.15) is 0 Å². The third-order valence-electron chi connectivity index (χ3n) is 6.11. The van der Waals surface area contributed by atoms with Gasteiger partial charge in [0.05, 0.1) is 12.6 Å². The zero-order valence-corrected chi connectivity index (χ0v) is 20.8. The van der Waals surface area contributed by atoms with Gasteiger partial charge in [0.25, 0.3) is 5.88 Å². The number of carbonyl (C=O) groups is 1. The van der Waals surface area contributed by atoms with Crippen molar-refractivity contribution in [3.05, 3.63) is 76.3 Å². The van der Waals surface area contributed by atoms with Gasteiger partial charge in [-0.1, -0.05) is 48.0 Å². The van der Waals surface area contributed by atoms with Crippen LogP contribution in [-0.2, 0) is 18.4 Å². The van der Waals surface area contributed by atoms with E-state index in [4.69, 9.17) is 21.1 Å². The minimum Gasteiger partial charge on any atom is -0.471 e. The fraction of sp³-hybridized carbons (Fsp3) is 0.360. The predicted octanol–water partition coefficient (Wildman–Crippen LogP) is 4.17. The van der Waals surface area contributed by atoms with Crippen LogP contribution in [0.1, 0.15) is 17.0 Å². The third kappa shape index (κ3) is 6.13. The van der Waals surface area contributed by atoms with Gasteiger partial charge in [-0.3, -0.25) is 10.2 Å².